The molecule has 0 aliphatic heterocycles. The van der Waals surface area contributed by atoms with E-state index in [1.54, 1.807) is 12.1 Å². The van der Waals surface area contributed by atoms with Gasteiger partial charge in [0.1, 0.15) is 6.29 Å². The van der Waals surface area contributed by atoms with Crippen molar-refractivity contribution < 1.29 is 9.59 Å². The van der Waals surface area contributed by atoms with Gasteiger partial charge in [0, 0.05) is 18.7 Å². The third-order valence-corrected chi connectivity index (χ3v) is 1.58. The Morgan fingerprint density at radius 3 is 2.64 bits per heavy atom. The Kier molecular flexibility index (Phi) is 4.20. The molecule has 0 aromatic heterocycles. The van der Waals surface area contributed by atoms with Crippen molar-refractivity contribution in [2.24, 2.45) is 0 Å². The van der Waals surface area contributed by atoms with Crippen LogP contribution in [0.3, 0.4) is 0 Å². The van der Waals surface area contributed by atoms with E-state index in [1.807, 2.05) is 18.2 Å². The van der Waals surface area contributed by atoms with Gasteiger partial charge < -0.3 is 15.4 Å². The average molecular weight is 192 g/mol. The summed E-state index contributed by atoms with van der Waals surface area (Å²) in [5.74, 6) is 0. The van der Waals surface area contributed by atoms with Crippen LogP contribution in [-0.2, 0) is 4.79 Å². The maximum atomic E-state index is 11.1. The number of hydrogen-bond acceptors (Lipinski definition) is 2. The van der Waals surface area contributed by atoms with Crippen molar-refractivity contribution in [1.82, 2.24) is 5.32 Å². The molecule has 0 heterocycles. The molecule has 4 nitrogen and oxygen atoms in total. The fourth-order valence-corrected chi connectivity index (χ4v) is 0.941. The zero-order valence-corrected chi connectivity index (χ0v) is 7.69. The number of aldehydes is 1. The molecule has 0 atom stereocenters. The zero-order chi connectivity index (χ0) is 10.2. The molecule has 0 radical (unpaired) electrons. The van der Waals surface area contributed by atoms with E-state index in [1.165, 1.54) is 0 Å². The van der Waals surface area contributed by atoms with Crippen LogP contribution in [0.5, 0.6) is 0 Å². The minimum absolute atomic E-state index is 0.293. The number of urea groups is 1. The monoisotopic (exact) mass is 192 g/mol. The van der Waals surface area contributed by atoms with E-state index in [-0.39, 0.29) is 6.03 Å². The van der Waals surface area contributed by atoms with Gasteiger partial charge in [-0.15, -0.1) is 0 Å². The number of carbonyl (C=O) groups is 2. The second-order valence-corrected chi connectivity index (χ2v) is 2.70. The summed E-state index contributed by atoms with van der Waals surface area (Å²) >= 11 is 0. The van der Waals surface area contributed by atoms with Crippen LogP contribution in [0.4, 0.5) is 10.5 Å². The first-order valence-electron chi connectivity index (χ1n) is 4.36. The van der Waals surface area contributed by atoms with Gasteiger partial charge in [-0.1, -0.05) is 18.2 Å². The van der Waals surface area contributed by atoms with Gasteiger partial charge in [0.15, 0.2) is 0 Å². The molecule has 1 aromatic rings. The average Bonchev–Trinajstić information content (AvgIpc) is 2.20. The number of hydrogen-bond donors (Lipinski definition) is 2. The van der Waals surface area contributed by atoms with Gasteiger partial charge in [-0.3, -0.25) is 0 Å². The van der Waals surface area contributed by atoms with Crippen LogP contribution in [0.2, 0.25) is 0 Å². The fraction of sp³-hybridized carbons (Fsp3) is 0.200. The van der Waals surface area contributed by atoms with E-state index in [9.17, 15) is 9.59 Å². The van der Waals surface area contributed by atoms with E-state index in [0.717, 1.165) is 12.0 Å². The topological polar surface area (TPSA) is 58.2 Å². The standard InChI is InChI=1S/C10H12N2O2/c13-8-4-7-11-10(14)12-9-5-2-1-3-6-9/h1-3,5-6,8H,4,7H2,(H2,11,12,14). The molecule has 0 fully saturated rings. The summed E-state index contributed by atoms with van der Waals surface area (Å²) in [5, 5.41) is 5.19. The Morgan fingerprint density at radius 2 is 2.00 bits per heavy atom. The largest absolute Gasteiger partial charge is 0.337 e. The molecule has 0 spiro atoms. The zero-order valence-electron chi connectivity index (χ0n) is 7.69. The number of amides is 2. The van der Waals surface area contributed by atoms with Crippen LogP contribution in [0.25, 0.3) is 0 Å². The molecule has 0 unspecified atom stereocenters. The van der Waals surface area contributed by atoms with E-state index in [4.69, 9.17) is 0 Å². The molecule has 0 bridgehead atoms. The summed E-state index contributed by atoms with van der Waals surface area (Å²) in [4.78, 5) is 21.1. The lowest BCUT2D eigenvalue weighted by Gasteiger charge is -2.05. The lowest BCUT2D eigenvalue weighted by molar-refractivity contribution is -0.107. The number of benzene rings is 1. The summed E-state index contributed by atoms with van der Waals surface area (Å²) in [5.41, 5.74) is 0.733. The highest BCUT2D eigenvalue weighted by molar-refractivity contribution is 5.89. The SMILES string of the molecule is O=CCCNC(=O)Nc1ccccc1. The van der Waals surface area contributed by atoms with Gasteiger partial charge in [0.2, 0.25) is 0 Å². The minimum atomic E-state index is -0.293. The predicted molar refractivity (Wildman–Crippen MR) is 54.1 cm³/mol. The lowest BCUT2D eigenvalue weighted by atomic mass is 10.3. The summed E-state index contributed by atoms with van der Waals surface area (Å²) in [6, 6.07) is 8.83. The number of para-hydroxylation sites is 1. The van der Waals surface area contributed by atoms with E-state index in [2.05, 4.69) is 10.6 Å². The Balaban J connectivity index is 2.31. The van der Waals surface area contributed by atoms with E-state index < -0.39 is 0 Å². The summed E-state index contributed by atoms with van der Waals surface area (Å²) in [7, 11) is 0. The molecule has 0 saturated heterocycles. The second-order valence-electron chi connectivity index (χ2n) is 2.70. The van der Waals surface area contributed by atoms with Crippen molar-refractivity contribution in [2.45, 2.75) is 6.42 Å². The lowest BCUT2D eigenvalue weighted by Crippen LogP contribution is -2.29. The first-order valence-corrected chi connectivity index (χ1v) is 4.36. The highest BCUT2D eigenvalue weighted by Gasteiger charge is 1.98. The highest BCUT2D eigenvalue weighted by Crippen LogP contribution is 2.03. The molecule has 2 N–H and O–H groups in total. The number of carbonyl (C=O) groups excluding carboxylic acids is 2. The molecule has 1 rings (SSSR count). The van der Waals surface area contributed by atoms with Crippen LogP contribution in [0.15, 0.2) is 30.3 Å². The first kappa shape index (κ1) is 10.2. The van der Waals surface area contributed by atoms with Gasteiger partial charge in [-0.25, -0.2) is 4.79 Å². The summed E-state index contributed by atoms with van der Waals surface area (Å²) < 4.78 is 0. The highest BCUT2D eigenvalue weighted by atomic mass is 16.2. The Labute approximate surface area is 82.3 Å². The molecule has 4 heteroatoms. The van der Waals surface area contributed by atoms with Gasteiger partial charge in [0.25, 0.3) is 0 Å². The molecular formula is C10H12N2O2. The third-order valence-electron chi connectivity index (χ3n) is 1.58. The molecule has 14 heavy (non-hydrogen) atoms. The second kappa shape index (κ2) is 5.75. The summed E-state index contributed by atoms with van der Waals surface area (Å²) in [6.45, 7) is 0.363. The number of anilines is 1. The number of nitrogens with one attached hydrogen (secondary N) is 2. The Bertz CT molecular complexity index is 298. The predicted octanol–water partition coefficient (Wildman–Crippen LogP) is 1.40. The van der Waals surface area contributed by atoms with Crippen LogP contribution < -0.4 is 10.6 Å². The van der Waals surface area contributed by atoms with Gasteiger partial charge in [-0.05, 0) is 12.1 Å². The van der Waals surface area contributed by atoms with Crippen molar-refractivity contribution in [3.05, 3.63) is 30.3 Å². The van der Waals surface area contributed by atoms with E-state index in [0.29, 0.717) is 13.0 Å². The minimum Gasteiger partial charge on any atom is -0.337 e. The summed E-state index contributed by atoms with van der Waals surface area (Å²) in [6.07, 6.45) is 1.10. The Morgan fingerprint density at radius 1 is 1.29 bits per heavy atom. The molecular weight excluding hydrogens is 180 g/mol. The van der Waals surface area contributed by atoms with Crippen LogP contribution in [0.1, 0.15) is 6.42 Å². The molecule has 0 saturated carbocycles. The van der Waals surface area contributed by atoms with Crippen molar-refractivity contribution >= 4 is 18.0 Å². The van der Waals surface area contributed by atoms with Crippen molar-refractivity contribution in [2.75, 3.05) is 11.9 Å². The number of rotatable bonds is 4. The normalized spacial score (nSPS) is 9.14. The molecule has 2 amide bonds. The fourth-order valence-electron chi connectivity index (χ4n) is 0.941. The van der Waals surface area contributed by atoms with Crippen LogP contribution >= 0.6 is 0 Å². The van der Waals surface area contributed by atoms with Crippen molar-refractivity contribution in [3.8, 4) is 0 Å². The quantitative estimate of drug-likeness (QED) is 0.559. The molecule has 74 valence electrons. The molecule has 0 aliphatic carbocycles. The third kappa shape index (κ3) is 3.71. The first-order chi connectivity index (χ1) is 6.83. The maximum absolute atomic E-state index is 11.1. The van der Waals surface area contributed by atoms with Crippen LogP contribution in [-0.4, -0.2) is 18.9 Å². The van der Waals surface area contributed by atoms with Gasteiger partial charge in [0.05, 0.1) is 0 Å². The molecule has 1 aromatic carbocycles. The van der Waals surface area contributed by atoms with Crippen LogP contribution in [0, 0.1) is 0 Å². The smallest absolute Gasteiger partial charge is 0.319 e. The van der Waals surface area contributed by atoms with Crippen molar-refractivity contribution in [1.29, 1.82) is 0 Å². The van der Waals surface area contributed by atoms with Gasteiger partial charge in [-0.2, -0.15) is 0 Å². The van der Waals surface area contributed by atoms with Gasteiger partial charge >= 0.3 is 6.03 Å². The van der Waals surface area contributed by atoms with E-state index >= 15 is 0 Å². The Hall–Kier alpha value is -1.84. The van der Waals surface area contributed by atoms with Crippen molar-refractivity contribution in [3.63, 3.8) is 0 Å². The molecule has 0 aliphatic rings. The maximum Gasteiger partial charge on any atom is 0.319 e.